The molecular weight excluding hydrogens is 360 g/mol. The number of nitrogens with zero attached hydrogens (tertiary/aromatic N) is 1. The summed E-state index contributed by atoms with van der Waals surface area (Å²) in [5.74, 6) is 1.01. The summed E-state index contributed by atoms with van der Waals surface area (Å²) in [7, 11) is 0. The van der Waals surface area contributed by atoms with E-state index in [0.29, 0.717) is 11.5 Å². The van der Waals surface area contributed by atoms with Crippen LogP contribution in [0.15, 0.2) is 56.7 Å². The second kappa shape index (κ2) is 8.33. The largest absolute Gasteiger partial charge is 0.483 e. The summed E-state index contributed by atoms with van der Waals surface area (Å²) in [5, 5.41) is 3.97. The average molecular weight is 377 g/mol. The lowest BCUT2D eigenvalue weighted by molar-refractivity contribution is -0.123. The van der Waals surface area contributed by atoms with Crippen LogP contribution in [-0.2, 0) is 4.79 Å². The number of rotatable bonds is 6. The molecule has 0 aliphatic rings. The molecule has 0 spiro atoms. The molecular formula is C17H17BrN2O3. The Kier molecular flexibility index (Phi) is 6.17. The van der Waals surface area contributed by atoms with E-state index in [1.165, 1.54) is 0 Å². The molecule has 0 aliphatic heterocycles. The van der Waals surface area contributed by atoms with E-state index < -0.39 is 0 Å². The lowest BCUT2D eigenvalue weighted by Crippen LogP contribution is -2.25. The van der Waals surface area contributed by atoms with Crippen molar-refractivity contribution in [3.8, 4) is 5.75 Å². The van der Waals surface area contributed by atoms with Crippen molar-refractivity contribution in [1.29, 1.82) is 0 Å². The Morgan fingerprint density at radius 3 is 2.96 bits per heavy atom. The standard InChI is InChI=1S/C17H17BrN2O3/c1-12-5-8-16(15(18)10-12)23-11-17(21)20-19-13(2)6-7-14-4-3-9-22-14/h3-10H,11H2,1-2H3,(H,20,21)/b7-6+,19-13+. The van der Waals surface area contributed by atoms with E-state index in [2.05, 4.69) is 26.5 Å². The highest BCUT2D eigenvalue weighted by atomic mass is 79.9. The Morgan fingerprint density at radius 2 is 2.26 bits per heavy atom. The fourth-order valence-corrected chi connectivity index (χ4v) is 2.28. The van der Waals surface area contributed by atoms with Gasteiger partial charge in [-0.3, -0.25) is 4.79 Å². The van der Waals surface area contributed by atoms with Gasteiger partial charge in [0.25, 0.3) is 5.91 Å². The summed E-state index contributed by atoms with van der Waals surface area (Å²) in [5.41, 5.74) is 4.19. The molecule has 0 saturated carbocycles. The molecule has 0 atom stereocenters. The summed E-state index contributed by atoms with van der Waals surface area (Å²) in [6.07, 6.45) is 5.11. The Labute approximate surface area is 143 Å². The minimum Gasteiger partial charge on any atom is -0.483 e. The highest BCUT2D eigenvalue weighted by Crippen LogP contribution is 2.25. The van der Waals surface area contributed by atoms with Crippen LogP contribution in [0.2, 0.25) is 0 Å². The van der Waals surface area contributed by atoms with Crippen molar-refractivity contribution >= 4 is 33.6 Å². The summed E-state index contributed by atoms with van der Waals surface area (Å²) in [6.45, 7) is 3.65. The number of halogens is 1. The summed E-state index contributed by atoms with van der Waals surface area (Å²) < 4.78 is 11.4. The molecule has 1 heterocycles. The fourth-order valence-electron chi connectivity index (χ4n) is 1.68. The van der Waals surface area contributed by atoms with Crippen LogP contribution in [-0.4, -0.2) is 18.2 Å². The van der Waals surface area contributed by atoms with E-state index in [0.717, 1.165) is 15.8 Å². The van der Waals surface area contributed by atoms with Crippen LogP contribution in [0, 0.1) is 6.92 Å². The van der Waals surface area contributed by atoms with Crippen LogP contribution in [0.1, 0.15) is 18.2 Å². The van der Waals surface area contributed by atoms with E-state index in [9.17, 15) is 4.79 Å². The lowest BCUT2D eigenvalue weighted by Gasteiger charge is -2.07. The summed E-state index contributed by atoms with van der Waals surface area (Å²) in [6, 6.07) is 9.28. The third kappa shape index (κ3) is 5.75. The number of hydrazone groups is 1. The van der Waals surface area contributed by atoms with Crippen molar-refractivity contribution in [3.05, 3.63) is 58.5 Å². The van der Waals surface area contributed by atoms with Crippen LogP contribution in [0.25, 0.3) is 6.08 Å². The zero-order valence-electron chi connectivity index (χ0n) is 12.9. The minimum atomic E-state index is -0.330. The van der Waals surface area contributed by atoms with Crippen LogP contribution in [0.4, 0.5) is 0 Å². The molecule has 0 aliphatic carbocycles. The summed E-state index contributed by atoms with van der Waals surface area (Å²) in [4.78, 5) is 11.7. The molecule has 0 bridgehead atoms. The molecule has 2 aromatic rings. The van der Waals surface area contributed by atoms with E-state index in [1.807, 2.05) is 31.2 Å². The second-order valence-electron chi connectivity index (χ2n) is 4.86. The van der Waals surface area contributed by atoms with Crippen molar-refractivity contribution in [2.45, 2.75) is 13.8 Å². The maximum absolute atomic E-state index is 11.7. The van der Waals surface area contributed by atoms with Gasteiger partial charge in [0.15, 0.2) is 6.61 Å². The van der Waals surface area contributed by atoms with Crippen molar-refractivity contribution in [2.75, 3.05) is 6.61 Å². The second-order valence-corrected chi connectivity index (χ2v) is 5.71. The normalized spacial score (nSPS) is 11.7. The molecule has 0 radical (unpaired) electrons. The molecule has 2 rings (SSSR count). The van der Waals surface area contributed by atoms with Gasteiger partial charge in [-0.25, -0.2) is 5.43 Å². The topological polar surface area (TPSA) is 63.8 Å². The molecule has 6 heteroatoms. The van der Waals surface area contributed by atoms with E-state index in [1.54, 1.807) is 31.4 Å². The zero-order valence-corrected chi connectivity index (χ0v) is 14.5. The van der Waals surface area contributed by atoms with Crippen molar-refractivity contribution in [3.63, 3.8) is 0 Å². The molecule has 0 unspecified atom stereocenters. The van der Waals surface area contributed by atoms with Gasteiger partial charge in [0, 0.05) is 0 Å². The Balaban J connectivity index is 1.81. The number of nitrogens with one attached hydrogen (secondary N) is 1. The minimum absolute atomic E-state index is 0.111. The Morgan fingerprint density at radius 1 is 1.43 bits per heavy atom. The van der Waals surface area contributed by atoms with Crippen molar-refractivity contribution in [1.82, 2.24) is 5.43 Å². The van der Waals surface area contributed by atoms with Gasteiger partial charge in [-0.2, -0.15) is 5.10 Å². The van der Waals surface area contributed by atoms with Gasteiger partial charge in [0.2, 0.25) is 0 Å². The Bertz CT molecular complexity index is 721. The maximum Gasteiger partial charge on any atom is 0.277 e. The van der Waals surface area contributed by atoms with Gasteiger partial charge >= 0.3 is 0 Å². The third-order valence-electron chi connectivity index (χ3n) is 2.84. The number of carbonyl (C=O) groups excluding carboxylic acids is 1. The predicted molar refractivity (Wildman–Crippen MR) is 93.4 cm³/mol. The molecule has 5 nitrogen and oxygen atoms in total. The quantitative estimate of drug-likeness (QED) is 0.613. The van der Waals surface area contributed by atoms with Gasteiger partial charge in [-0.15, -0.1) is 0 Å². The average Bonchev–Trinajstić information content (AvgIpc) is 3.03. The zero-order chi connectivity index (χ0) is 16.7. The Hall–Kier alpha value is -2.34. The van der Waals surface area contributed by atoms with Crippen molar-refractivity contribution < 1.29 is 13.9 Å². The molecule has 1 aromatic heterocycles. The predicted octanol–water partition coefficient (Wildman–Crippen LogP) is 3.93. The lowest BCUT2D eigenvalue weighted by atomic mass is 10.2. The number of amides is 1. The molecule has 23 heavy (non-hydrogen) atoms. The third-order valence-corrected chi connectivity index (χ3v) is 3.45. The monoisotopic (exact) mass is 376 g/mol. The molecule has 120 valence electrons. The molecule has 1 N–H and O–H groups in total. The highest BCUT2D eigenvalue weighted by Gasteiger charge is 2.05. The highest BCUT2D eigenvalue weighted by molar-refractivity contribution is 9.10. The van der Waals surface area contributed by atoms with Crippen LogP contribution >= 0.6 is 15.9 Å². The summed E-state index contributed by atoms with van der Waals surface area (Å²) >= 11 is 3.40. The van der Waals surface area contributed by atoms with E-state index in [-0.39, 0.29) is 12.5 Å². The first-order valence-electron chi connectivity index (χ1n) is 6.98. The number of hydrogen-bond donors (Lipinski definition) is 1. The first kappa shape index (κ1) is 17.0. The van der Waals surface area contributed by atoms with Gasteiger partial charge in [-0.05, 0) is 71.8 Å². The number of carbonyl (C=O) groups is 1. The smallest absolute Gasteiger partial charge is 0.277 e. The first-order chi connectivity index (χ1) is 11.0. The molecule has 1 aromatic carbocycles. The van der Waals surface area contributed by atoms with Crippen molar-refractivity contribution in [2.24, 2.45) is 5.10 Å². The number of furan rings is 1. The van der Waals surface area contributed by atoms with E-state index in [4.69, 9.17) is 9.15 Å². The number of allylic oxidation sites excluding steroid dienone is 1. The number of benzene rings is 1. The maximum atomic E-state index is 11.7. The molecule has 1 amide bonds. The molecule has 0 fully saturated rings. The van der Waals surface area contributed by atoms with Gasteiger partial charge < -0.3 is 9.15 Å². The van der Waals surface area contributed by atoms with Gasteiger partial charge in [0.1, 0.15) is 11.5 Å². The number of aryl methyl sites for hydroxylation is 1. The first-order valence-corrected chi connectivity index (χ1v) is 7.77. The fraction of sp³-hybridized carbons (Fsp3) is 0.176. The van der Waals surface area contributed by atoms with E-state index >= 15 is 0 Å². The van der Waals surface area contributed by atoms with Gasteiger partial charge in [-0.1, -0.05) is 6.07 Å². The van der Waals surface area contributed by atoms with Crippen LogP contribution in [0.3, 0.4) is 0 Å². The van der Waals surface area contributed by atoms with Crippen LogP contribution < -0.4 is 10.2 Å². The SMILES string of the molecule is CC(/C=C/c1ccco1)=N\NC(=O)COc1ccc(C)cc1Br. The number of hydrogen-bond acceptors (Lipinski definition) is 4. The molecule has 0 saturated heterocycles. The van der Waals surface area contributed by atoms with Crippen LogP contribution in [0.5, 0.6) is 5.75 Å². The number of ether oxygens (including phenoxy) is 1. The van der Waals surface area contributed by atoms with Gasteiger partial charge in [0.05, 0.1) is 16.4 Å².